The molecule has 1 aromatic heterocycles. The molecule has 0 spiro atoms. The largest absolute Gasteiger partial charge is 0.418 e. The molecule has 0 unspecified atom stereocenters. The quantitative estimate of drug-likeness (QED) is 0.278. The standard InChI is InChI=1S/C23H22BrF3N6O2/c1-2-29-11-14(10-28)20(34)33-22(7-8-22)21(35)31-12-16-4-5-17(13-30-16)32-19-6-3-15(24)9-18(19)23(25,26)27/h2-6,9-11,13,32H,1,7-8,12,28H2,(H,31,35)(H,33,34)/b14-10+,29-11-. The van der Waals surface area contributed by atoms with Gasteiger partial charge in [0.25, 0.3) is 5.91 Å². The van der Waals surface area contributed by atoms with E-state index in [0.717, 1.165) is 12.3 Å². The number of anilines is 2. The monoisotopic (exact) mass is 550 g/mol. The second kappa shape index (κ2) is 10.7. The molecule has 0 radical (unpaired) electrons. The Hall–Kier alpha value is -3.67. The summed E-state index contributed by atoms with van der Waals surface area (Å²) < 4.78 is 40.2. The van der Waals surface area contributed by atoms with Crippen molar-refractivity contribution in [3.63, 3.8) is 0 Å². The van der Waals surface area contributed by atoms with E-state index in [4.69, 9.17) is 5.73 Å². The third kappa shape index (κ3) is 6.69. The van der Waals surface area contributed by atoms with Crippen LogP contribution in [-0.4, -0.2) is 28.6 Å². The summed E-state index contributed by atoms with van der Waals surface area (Å²) in [4.78, 5) is 32.9. The average molecular weight is 551 g/mol. The van der Waals surface area contributed by atoms with Crippen LogP contribution < -0.4 is 21.7 Å². The second-order valence-electron chi connectivity index (χ2n) is 7.65. The van der Waals surface area contributed by atoms with Crippen LogP contribution >= 0.6 is 15.9 Å². The number of nitrogens with one attached hydrogen (secondary N) is 3. The lowest BCUT2D eigenvalue weighted by Crippen LogP contribution is -2.49. The van der Waals surface area contributed by atoms with Crippen molar-refractivity contribution < 1.29 is 22.8 Å². The molecule has 2 amide bonds. The fourth-order valence-corrected chi connectivity index (χ4v) is 3.45. The summed E-state index contributed by atoms with van der Waals surface area (Å²) >= 11 is 3.05. The van der Waals surface area contributed by atoms with Gasteiger partial charge >= 0.3 is 6.18 Å². The molecule has 2 aromatic rings. The highest BCUT2D eigenvalue weighted by Crippen LogP contribution is 2.38. The van der Waals surface area contributed by atoms with Crippen LogP contribution in [0.2, 0.25) is 0 Å². The molecule has 5 N–H and O–H groups in total. The highest BCUT2D eigenvalue weighted by molar-refractivity contribution is 9.10. The lowest BCUT2D eigenvalue weighted by molar-refractivity contribution is -0.137. The Labute approximate surface area is 207 Å². The lowest BCUT2D eigenvalue weighted by atomic mass is 10.1. The smallest absolute Gasteiger partial charge is 0.404 e. The van der Waals surface area contributed by atoms with E-state index < -0.39 is 23.2 Å². The van der Waals surface area contributed by atoms with Crippen molar-refractivity contribution in [1.82, 2.24) is 15.6 Å². The summed E-state index contributed by atoms with van der Waals surface area (Å²) in [7, 11) is 0. The zero-order valence-electron chi connectivity index (χ0n) is 18.3. The van der Waals surface area contributed by atoms with Crippen molar-refractivity contribution in [3.05, 3.63) is 76.8 Å². The molecule has 1 saturated carbocycles. The number of nitrogens with two attached hydrogens (primary N) is 1. The predicted octanol–water partition coefficient (Wildman–Crippen LogP) is 3.93. The Kier molecular flexibility index (Phi) is 7.95. The van der Waals surface area contributed by atoms with E-state index in [9.17, 15) is 22.8 Å². The van der Waals surface area contributed by atoms with Gasteiger partial charge in [0, 0.05) is 23.1 Å². The minimum Gasteiger partial charge on any atom is -0.404 e. The zero-order valence-corrected chi connectivity index (χ0v) is 19.9. The Morgan fingerprint density at radius 3 is 2.57 bits per heavy atom. The number of carbonyl (C=O) groups excluding carboxylic acids is 2. The van der Waals surface area contributed by atoms with Gasteiger partial charge in [0.15, 0.2) is 0 Å². The van der Waals surface area contributed by atoms with Crippen LogP contribution in [0.15, 0.2) is 70.5 Å². The Bertz CT molecular complexity index is 1170. The lowest BCUT2D eigenvalue weighted by Gasteiger charge is -2.17. The van der Waals surface area contributed by atoms with Crippen molar-refractivity contribution in [2.24, 2.45) is 10.7 Å². The molecule has 1 aliphatic carbocycles. The second-order valence-corrected chi connectivity index (χ2v) is 8.57. The molecule has 12 heteroatoms. The average Bonchev–Trinajstić information content (AvgIpc) is 3.60. The maximum absolute atomic E-state index is 13.3. The summed E-state index contributed by atoms with van der Waals surface area (Å²) in [6.45, 7) is 3.49. The number of alkyl halides is 3. The molecular weight excluding hydrogens is 529 g/mol. The predicted molar refractivity (Wildman–Crippen MR) is 130 cm³/mol. The first-order valence-electron chi connectivity index (χ1n) is 10.3. The molecule has 1 aliphatic rings. The van der Waals surface area contributed by atoms with Crippen molar-refractivity contribution >= 4 is 45.3 Å². The van der Waals surface area contributed by atoms with E-state index in [-0.39, 0.29) is 23.7 Å². The van der Waals surface area contributed by atoms with Crippen molar-refractivity contribution in [2.45, 2.75) is 31.1 Å². The number of halogens is 4. The number of aromatic nitrogens is 1. The van der Waals surface area contributed by atoms with E-state index in [0.29, 0.717) is 28.7 Å². The molecule has 0 atom stereocenters. The third-order valence-electron chi connectivity index (χ3n) is 5.12. The first-order valence-corrected chi connectivity index (χ1v) is 11.1. The Morgan fingerprint density at radius 1 is 1.26 bits per heavy atom. The number of amides is 2. The van der Waals surface area contributed by atoms with E-state index in [1.165, 1.54) is 30.7 Å². The summed E-state index contributed by atoms with van der Waals surface area (Å²) in [5.74, 6) is -0.915. The molecule has 0 bridgehead atoms. The van der Waals surface area contributed by atoms with E-state index in [1.54, 1.807) is 12.1 Å². The van der Waals surface area contributed by atoms with Crippen LogP contribution in [0.5, 0.6) is 0 Å². The van der Waals surface area contributed by atoms with Gasteiger partial charge in [0.2, 0.25) is 5.91 Å². The summed E-state index contributed by atoms with van der Waals surface area (Å²) in [5.41, 5.74) is 4.40. The van der Waals surface area contributed by atoms with Gasteiger partial charge in [-0.15, -0.1) is 0 Å². The van der Waals surface area contributed by atoms with Gasteiger partial charge in [0.05, 0.1) is 40.9 Å². The number of hydrogen-bond acceptors (Lipinski definition) is 6. The molecule has 0 saturated heterocycles. The number of benzene rings is 1. The number of nitrogens with zero attached hydrogens (tertiary/aromatic N) is 2. The van der Waals surface area contributed by atoms with E-state index in [2.05, 4.69) is 48.4 Å². The van der Waals surface area contributed by atoms with Crippen molar-refractivity contribution in [2.75, 3.05) is 5.32 Å². The fraction of sp³-hybridized carbons (Fsp3) is 0.217. The highest BCUT2D eigenvalue weighted by Gasteiger charge is 2.51. The SMILES string of the molecule is C=C/N=C\C(=C/N)C(=O)NC1(C(=O)NCc2ccc(Nc3ccc(Br)cc3C(F)(F)F)cn2)CC1. The fourth-order valence-electron chi connectivity index (χ4n) is 3.09. The van der Waals surface area contributed by atoms with Gasteiger partial charge in [-0.3, -0.25) is 19.6 Å². The Morgan fingerprint density at radius 2 is 2.00 bits per heavy atom. The molecule has 1 aromatic carbocycles. The normalized spacial score (nSPS) is 14.9. The maximum atomic E-state index is 13.3. The molecule has 184 valence electrons. The molecule has 1 heterocycles. The summed E-state index contributed by atoms with van der Waals surface area (Å²) in [5, 5.41) is 8.11. The van der Waals surface area contributed by atoms with Crippen LogP contribution in [0, 0.1) is 0 Å². The van der Waals surface area contributed by atoms with Crippen LogP contribution in [0.3, 0.4) is 0 Å². The highest BCUT2D eigenvalue weighted by atomic mass is 79.9. The maximum Gasteiger partial charge on any atom is 0.418 e. The van der Waals surface area contributed by atoms with Crippen molar-refractivity contribution in [3.8, 4) is 0 Å². The van der Waals surface area contributed by atoms with Crippen LogP contribution in [0.4, 0.5) is 24.5 Å². The van der Waals surface area contributed by atoms with Gasteiger partial charge in [-0.1, -0.05) is 22.5 Å². The van der Waals surface area contributed by atoms with E-state index >= 15 is 0 Å². The van der Waals surface area contributed by atoms with Gasteiger partial charge in [-0.25, -0.2) is 0 Å². The van der Waals surface area contributed by atoms with Gasteiger partial charge in [0.1, 0.15) is 5.54 Å². The number of hydrogen-bond donors (Lipinski definition) is 4. The Balaban J connectivity index is 1.59. The number of aliphatic imine (C=N–C) groups is 1. The zero-order chi connectivity index (χ0) is 25.6. The number of rotatable bonds is 9. The molecule has 8 nitrogen and oxygen atoms in total. The van der Waals surface area contributed by atoms with Crippen LogP contribution in [0.1, 0.15) is 24.1 Å². The minimum atomic E-state index is -4.53. The topological polar surface area (TPSA) is 121 Å². The first kappa shape index (κ1) is 25.9. The summed E-state index contributed by atoms with van der Waals surface area (Å²) in [6, 6.07) is 6.94. The summed E-state index contributed by atoms with van der Waals surface area (Å²) in [6.07, 6.45) is 1.34. The van der Waals surface area contributed by atoms with Gasteiger partial charge in [-0.2, -0.15) is 13.2 Å². The third-order valence-corrected chi connectivity index (χ3v) is 5.61. The minimum absolute atomic E-state index is 0.0698. The van der Waals surface area contributed by atoms with Gasteiger partial charge in [-0.05, 0) is 43.2 Å². The first-order chi connectivity index (χ1) is 16.6. The molecule has 3 rings (SSSR count). The molecule has 1 fully saturated rings. The van der Waals surface area contributed by atoms with Crippen LogP contribution in [-0.2, 0) is 22.3 Å². The van der Waals surface area contributed by atoms with Gasteiger partial charge < -0.3 is 21.7 Å². The number of pyridine rings is 1. The number of carbonyl (C=O) groups is 2. The van der Waals surface area contributed by atoms with Crippen LogP contribution in [0.25, 0.3) is 0 Å². The molecular formula is C23H22BrF3N6O2. The molecule has 0 aliphatic heterocycles. The van der Waals surface area contributed by atoms with Crippen molar-refractivity contribution in [1.29, 1.82) is 0 Å². The molecule has 35 heavy (non-hydrogen) atoms. The van der Waals surface area contributed by atoms with E-state index in [1.807, 2.05) is 0 Å².